The molecule has 0 bridgehead atoms. The minimum absolute atomic E-state index is 0.249. The van der Waals surface area contributed by atoms with Crippen LogP contribution in [0.2, 0.25) is 0 Å². The third-order valence-corrected chi connectivity index (χ3v) is 3.26. The first-order chi connectivity index (χ1) is 10.1. The monoisotopic (exact) mass is 293 g/mol. The van der Waals surface area contributed by atoms with Gasteiger partial charge in [-0.15, -0.1) is 0 Å². The zero-order valence-electron chi connectivity index (χ0n) is 11.9. The highest BCUT2D eigenvalue weighted by molar-refractivity contribution is 5.83. The zero-order chi connectivity index (χ0) is 15.2. The van der Waals surface area contributed by atoms with E-state index in [2.05, 4.69) is 15.6 Å². The highest BCUT2D eigenvalue weighted by Gasteiger charge is 2.06. The number of rotatable bonds is 6. The van der Waals surface area contributed by atoms with E-state index in [1.165, 1.54) is 12.1 Å². The molecule has 0 saturated carbocycles. The molecule has 0 radical (unpaired) electrons. The number of hydrogen-bond acceptors (Lipinski definition) is 2. The van der Waals surface area contributed by atoms with Gasteiger partial charge in [-0.1, -0.05) is 0 Å². The highest BCUT2D eigenvalue weighted by Crippen LogP contribution is 2.19. The summed E-state index contributed by atoms with van der Waals surface area (Å²) < 4.78 is 13.1. The first kappa shape index (κ1) is 15.3. The Morgan fingerprint density at radius 3 is 2.90 bits per heavy atom. The number of aliphatic hydroxyl groups excluding tert-OH is 1. The minimum atomic E-state index is -0.420. The summed E-state index contributed by atoms with van der Waals surface area (Å²) in [6, 6.07) is 4.37. The molecule has 6 heteroatoms. The summed E-state index contributed by atoms with van der Waals surface area (Å²) in [5, 5.41) is 15.5. The Morgan fingerprint density at radius 1 is 1.38 bits per heavy atom. The lowest BCUT2D eigenvalue weighted by atomic mass is 10.1. The van der Waals surface area contributed by atoms with Gasteiger partial charge in [-0.3, -0.25) is 0 Å². The molecule has 114 valence electrons. The summed E-state index contributed by atoms with van der Waals surface area (Å²) in [7, 11) is 0. The molecule has 0 fully saturated rings. The molecule has 5 nitrogen and oxygen atoms in total. The highest BCUT2D eigenvalue weighted by atomic mass is 19.1. The molecular weight excluding hydrogens is 273 g/mol. The lowest BCUT2D eigenvalue weighted by Gasteiger charge is -2.08. The number of aliphatic hydroxyl groups is 1. The van der Waals surface area contributed by atoms with E-state index in [1.807, 2.05) is 6.20 Å². The summed E-state index contributed by atoms with van der Waals surface area (Å²) in [6.45, 7) is 2.61. The molecule has 0 saturated heterocycles. The number of halogens is 1. The number of aromatic amines is 1. The standard InChI is InChI=1S/C15H20FN3O2/c1-10(20)4-6-17-15(21)18-7-5-11-9-19-14-8-12(16)2-3-13(11)14/h2-3,8-10,19-20H,4-7H2,1H3,(H2,17,18,21). The molecule has 2 amide bonds. The summed E-state index contributed by atoms with van der Waals surface area (Å²) in [4.78, 5) is 14.5. The van der Waals surface area contributed by atoms with Crippen molar-refractivity contribution in [3.05, 3.63) is 35.8 Å². The van der Waals surface area contributed by atoms with Gasteiger partial charge in [0, 0.05) is 30.2 Å². The lowest BCUT2D eigenvalue weighted by Crippen LogP contribution is -2.37. The van der Waals surface area contributed by atoms with Crippen LogP contribution in [0.15, 0.2) is 24.4 Å². The average Bonchev–Trinajstić information content (AvgIpc) is 2.80. The number of H-pyrrole nitrogens is 1. The van der Waals surface area contributed by atoms with Gasteiger partial charge in [0.1, 0.15) is 5.82 Å². The van der Waals surface area contributed by atoms with Crippen LogP contribution < -0.4 is 10.6 Å². The number of carbonyl (C=O) groups is 1. The zero-order valence-corrected chi connectivity index (χ0v) is 11.9. The van der Waals surface area contributed by atoms with E-state index in [0.717, 1.165) is 16.5 Å². The van der Waals surface area contributed by atoms with Crippen LogP contribution in [-0.2, 0) is 6.42 Å². The molecule has 1 aromatic heterocycles. The van der Waals surface area contributed by atoms with Crippen LogP contribution in [0.4, 0.5) is 9.18 Å². The van der Waals surface area contributed by atoms with E-state index in [9.17, 15) is 9.18 Å². The molecule has 2 aromatic rings. The third-order valence-electron chi connectivity index (χ3n) is 3.26. The van der Waals surface area contributed by atoms with Crippen LogP contribution >= 0.6 is 0 Å². The second-order valence-electron chi connectivity index (χ2n) is 5.07. The van der Waals surface area contributed by atoms with Gasteiger partial charge in [0.15, 0.2) is 0 Å². The maximum absolute atomic E-state index is 13.1. The Labute approximate surface area is 122 Å². The van der Waals surface area contributed by atoms with Crippen LogP contribution in [0, 0.1) is 5.82 Å². The van der Waals surface area contributed by atoms with Crippen LogP contribution in [0.25, 0.3) is 10.9 Å². The fourth-order valence-electron chi connectivity index (χ4n) is 2.13. The molecule has 1 atom stereocenters. The van der Waals surface area contributed by atoms with Gasteiger partial charge < -0.3 is 20.7 Å². The predicted octanol–water partition coefficient (Wildman–Crippen LogP) is 1.92. The number of aromatic nitrogens is 1. The van der Waals surface area contributed by atoms with Gasteiger partial charge in [-0.2, -0.15) is 0 Å². The Morgan fingerprint density at radius 2 is 2.14 bits per heavy atom. The number of fused-ring (bicyclic) bond motifs is 1. The van der Waals surface area contributed by atoms with Gasteiger partial charge in [-0.25, -0.2) is 9.18 Å². The van der Waals surface area contributed by atoms with Crippen molar-refractivity contribution in [2.45, 2.75) is 25.9 Å². The first-order valence-corrected chi connectivity index (χ1v) is 7.01. The molecule has 1 unspecified atom stereocenters. The van der Waals surface area contributed by atoms with E-state index in [0.29, 0.717) is 25.9 Å². The Bertz CT molecular complexity index is 610. The topological polar surface area (TPSA) is 77.2 Å². The van der Waals surface area contributed by atoms with E-state index in [1.54, 1.807) is 13.0 Å². The van der Waals surface area contributed by atoms with Gasteiger partial charge in [0.05, 0.1) is 6.10 Å². The van der Waals surface area contributed by atoms with Gasteiger partial charge >= 0.3 is 6.03 Å². The van der Waals surface area contributed by atoms with Crippen molar-refractivity contribution in [1.29, 1.82) is 0 Å². The Kier molecular flexibility index (Phi) is 5.16. The largest absolute Gasteiger partial charge is 0.393 e. The van der Waals surface area contributed by atoms with E-state index >= 15 is 0 Å². The Hall–Kier alpha value is -2.08. The molecule has 21 heavy (non-hydrogen) atoms. The van der Waals surface area contributed by atoms with Gasteiger partial charge in [0.25, 0.3) is 0 Å². The fourth-order valence-corrected chi connectivity index (χ4v) is 2.13. The summed E-state index contributed by atoms with van der Waals surface area (Å²) >= 11 is 0. The maximum Gasteiger partial charge on any atom is 0.314 e. The molecule has 0 aliphatic rings. The third kappa shape index (κ3) is 4.46. The molecule has 1 aromatic carbocycles. The van der Waals surface area contributed by atoms with Crippen molar-refractivity contribution >= 4 is 16.9 Å². The average molecular weight is 293 g/mol. The maximum atomic E-state index is 13.1. The van der Waals surface area contributed by atoms with Crippen molar-refractivity contribution in [2.24, 2.45) is 0 Å². The molecule has 4 N–H and O–H groups in total. The Balaban J connectivity index is 1.78. The van der Waals surface area contributed by atoms with Crippen molar-refractivity contribution < 1.29 is 14.3 Å². The second kappa shape index (κ2) is 7.08. The van der Waals surface area contributed by atoms with Gasteiger partial charge in [0.2, 0.25) is 0 Å². The SMILES string of the molecule is CC(O)CCNC(=O)NCCc1c[nH]c2cc(F)ccc12. The number of hydrogen-bond donors (Lipinski definition) is 4. The van der Waals surface area contributed by atoms with Crippen LogP contribution in [0.3, 0.4) is 0 Å². The second-order valence-corrected chi connectivity index (χ2v) is 5.07. The number of nitrogens with one attached hydrogen (secondary N) is 3. The molecule has 0 aliphatic carbocycles. The molecule has 0 spiro atoms. The molecule has 0 aliphatic heterocycles. The van der Waals surface area contributed by atoms with Crippen molar-refractivity contribution in [2.75, 3.05) is 13.1 Å². The van der Waals surface area contributed by atoms with Crippen molar-refractivity contribution in [3.8, 4) is 0 Å². The fraction of sp³-hybridized carbons (Fsp3) is 0.400. The number of carbonyl (C=O) groups excluding carboxylic acids is 1. The quantitative estimate of drug-likeness (QED) is 0.656. The molecule has 2 rings (SSSR count). The van der Waals surface area contributed by atoms with E-state index in [4.69, 9.17) is 5.11 Å². The number of urea groups is 1. The van der Waals surface area contributed by atoms with Crippen LogP contribution in [0.5, 0.6) is 0 Å². The first-order valence-electron chi connectivity index (χ1n) is 7.01. The predicted molar refractivity (Wildman–Crippen MR) is 79.7 cm³/mol. The normalized spacial score (nSPS) is 12.3. The van der Waals surface area contributed by atoms with Crippen LogP contribution in [0.1, 0.15) is 18.9 Å². The van der Waals surface area contributed by atoms with Crippen molar-refractivity contribution in [1.82, 2.24) is 15.6 Å². The summed E-state index contributed by atoms with van der Waals surface area (Å²) in [5.41, 5.74) is 1.79. The van der Waals surface area contributed by atoms with Crippen molar-refractivity contribution in [3.63, 3.8) is 0 Å². The number of amides is 2. The van der Waals surface area contributed by atoms with E-state index < -0.39 is 6.10 Å². The molecule has 1 heterocycles. The van der Waals surface area contributed by atoms with Gasteiger partial charge in [-0.05, 0) is 43.5 Å². The van der Waals surface area contributed by atoms with E-state index in [-0.39, 0.29) is 11.8 Å². The molecular formula is C15H20FN3O2. The minimum Gasteiger partial charge on any atom is -0.393 e. The number of benzene rings is 1. The van der Waals surface area contributed by atoms with Crippen LogP contribution in [-0.4, -0.2) is 35.3 Å². The smallest absolute Gasteiger partial charge is 0.314 e. The summed E-state index contributed by atoms with van der Waals surface area (Å²) in [5.74, 6) is -0.272. The lowest BCUT2D eigenvalue weighted by molar-refractivity contribution is 0.183. The summed E-state index contributed by atoms with van der Waals surface area (Å²) in [6.07, 6.45) is 2.60.